The SMILES string of the molecule is CN(C)C(=O)CN=C(NCC1CCOC1)N(C)Cc1cc(Cl)cn1C.I. The molecule has 2 heterocycles. The van der Waals surface area contributed by atoms with E-state index in [2.05, 4.69) is 10.3 Å². The number of nitrogens with zero attached hydrogens (tertiary/aromatic N) is 4. The van der Waals surface area contributed by atoms with Gasteiger partial charge in [0.2, 0.25) is 5.91 Å². The van der Waals surface area contributed by atoms with Gasteiger partial charge < -0.3 is 24.4 Å². The van der Waals surface area contributed by atoms with Crippen LogP contribution in [0.4, 0.5) is 0 Å². The number of nitrogens with one attached hydrogen (secondary N) is 1. The molecule has 1 aliphatic heterocycles. The van der Waals surface area contributed by atoms with Gasteiger partial charge >= 0.3 is 0 Å². The second-order valence-electron chi connectivity index (χ2n) is 6.66. The Labute approximate surface area is 177 Å². The zero-order chi connectivity index (χ0) is 18.4. The number of aliphatic imine (C=N–C) groups is 1. The van der Waals surface area contributed by atoms with Crippen molar-refractivity contribution in [1.82, 2.24) is 19.7 Å². The third-order valence-corrected chi connectivity index (χ3v) is 4.48. The number of likely N-dealkylation sites (N-methyl/N-ethyl adjacent to an activating group) is 1. The number of guanidine groups is 1. The summed E-state index contributed by atoms with van der Waals surface area (Å²) < 4.78 is 7.41. The first-order valence-corrected chi connectivity index (χ1v) is 8.82. The van der Waals surface area contributed by atoms with Crippen molar-refractivity contribution in [2.24, 2.45) is 18.0 Å². The molecule has 0 spiro atoms. The normalized spacial score (nSPS) is 17.0. The Morgan fingerprint density at radius 2 is 2.19 bits per heavy atom. The Kier molecular flexibility index (Phi) is 9.73. The number of rotatable bonds is 6. The van der Waals surface area contributed by atoms with E-state index in [1.807, 2.05) is 35.8 Å². The van der Waals surface area contributed by atoms with Crippen LogP contribution in [0.1, 0.15) is 12.1 Å². The third-order valence-electron chi connectivity index (χ3n) is 4.27. The van der Waals surface area contributed by atoms with E-state index in [9.17, 15) is 4.79 Å². The number of halogens is 2. The van der Waals surface area contributed by atoms with E-state index in [4.69, 9.17) is 16.3 Å². The quantitative estimate of drug-likeness (QED) is 0.370. The molecule has 0 aliphatic carbocycles. The number of ether oxygens (including phenoxy) is 1. The molecule has 0 aromatic carbocycles. The predicted octanol–water partition coefficient (Wildman–Crippen LogP) is 1.80. The molecule has 1 atom stereocenters. The zero-order valence-electron chi connectivity index (χ0n) is 15.9. The van der Waals surface area contributed by atoms with Crippen LogP contribution >= 0.6 is 35.6 Å². The molecule has 1 fully saturated rings. The van der Waals surface area contributed by atoms with Crippen LogP contribution in [0.15, 0.2) is 17.3 Å². The van der Waals surface area contributed by atoms with E-state index < -0.39 is 0 Å². The van der Waals surface area contributed by atoms with E-state index in [1.54, 1.807) is 19.0 Å². The molecule has 1 aromatic rings. The molecule has 26 heavy (non-hydrogen) atoms. The number of carbonyl (C=O) groups excluding carboxylic acids is 1. The fraction of sp³-hybridized carbons (Fsp3) is 0.647. The van der Waals surface area contributed by atoms with E-state index in [0.29, 0.717) is 23.4 Å². The molecule has 148 valence electrons. The molecule has 1 amide bonds. The van der Waals surface area contributed by atoms with Crippen molar-refractivity contribution in [3.05, 3.63) is 23.0 Å². The van der Waals surface area contributed by atoms with Gasteiger partial charge in [0, 0.05) is 59.2 Å². The highest BCUT2D eigenvalue weighted by atomic mass is 127. The van der Waals surface area contributed by atoms with Crippen LogP contribution in [-0.2, 0) is 23.1 Å². The Hall–Kier alpha value is -1.000. The first-order valence-electron chi connectivity index (χ1n) is 8.45. The number of carbonyl (C=O) groups is 1. The van der Waals surface area contributed by atoms with Crippen molar-refractivity contribution in [3.63, 3.8) is 0 Å². The molecule has 7 nitrogen and oxygen atoms in total. The van der Waals surface area contributed by atoms with Crippen molar-refractivity contribution in [3.8, 4) is 0 Å². The fourth-order valence-electron chi connectivity index (χ4n) is 2.62. The van der Waals surface area contributed by atoms with Gasteiger partial charge in [0.05, 0.1) is 18.2 Å². The Morgan fingerprint density at radius 3 is 2.73 bits per heavy atom. The minimum absolute atomic E-state index is 0. The van der Waals surface area contributed by atoms with Gasteiger partial charge in [-0.25, -0.2) is 4.99 Å². The first-order chi connectivity index (χ1) is 11.9. The lowest BCUT2D eigenvalue weighted by molar-refractivity contribution is -0.127. The highest BCUT2D eigenvalue weighted by Crippen LogP contribution is 2.14. The van der Waals surface area contributed by atoms with Crippen molar-refractivity contribution < 1.29 is 9.53 Å². The molecule has 1 saturated heterocycles. The highest BCUT2D eigenvalue weighted by Gasteiger charge is 2.18. The Balaban J connectivity index is 0.00000338. The van der Waals surface area contributed by atoms with Crippen LogP contribution in [0.2, 0.25) is 5.02 Å². The molecular weight excluding hydrogens is 469 g/mol. The molecule has 1 unspecified atom stereocenters. The lowest BCUT2D eigenvalue weighted by atomic mass is 10.1. The van der Waals surface area contributed by atoms with Crippen LogP contribution in [0, 0.1) is 5.92 Å². The number of hydrogen-bond acceptors (Lipinski definition) is 3. The number of hydrogen-bond donors (Lipinski definition) is 1. The summed E-state index contributed by atoms with van der Waals surface area (Å²) in [6, 6.07) is 1.94. The molecule has 0 radical (unpaired) electrons. The largest absolute Gasteiger partial charge is 0.381 e. The summed E-state index contributed by atoms with van der Waals surface area (Å²) >= 11 is 6.06. The van der Waals surface area contributed by atoms with Gasteiger partial charge in [0.15, 0.2) is 5.96 Å². The van der Waals surface area contributed by atoms with E-state index in [0.717, 1.165) is 31.9 Å². The van der Waals surface area contributed by atoms with Gasteiger partial charge in [-0.15, -0.1) is 24.0 Å². The molecule has 2 rings (SSSR count). The molecule has 1 aromatic heterocycles. The van der Waals surface area contributed by atoms with Crippen LogP contribution in [0.3, 0.4) is 0 Å². The average molecular weight is 498 g/mol. The predicted molar refractivity (Wildman–Crippen MR) is 115 cm³/mol. The maximum atomic E-state index is 11.9. The van der Waals surface area contributed by atoms with Gasteiger partial charge in [-0.3, -0.25) is 4.79 Å². The van der Waals surface area contributed by atoms with Crippen LogP contribution in [-0.4, -0.2) is 73.7 Å². The molecule has 1 aliphatic rings. The average Bonchev–Trinajstić information content (AvgIpc) is 3.16. The third kappa shape index (κ3) is 6.96. The maximum Gasteiger partial charge on any atom is 0.243 e. The summed E-state index contributed by atoms with van der Waals surface area (Å²) in [7, 11) is 7.38. The second kappa shape index (κ2) is 11.0. The van der Waals surface area contributed by atoms with Gasteiger partial charge in [-0.05, 0) is 12.5 Å². The molecule has 0 saturated carbocycles. The van der Waals surface area contributed by atoms with Gasteiger partial charge in [0.25, 0.3) is 0 Å². The first kappa shape index (κ1) is 23.0. The van der Waals surface area contributed by atoms with Crippen LogP contribution in [0.5, 0.6) is 0 Å². The second-order valence-corrected chi connectivity index (χ2v) is 7.09. The molecule has 0 bridgehead atoms. The monoisotopic (exact) mass is 497 g/mol. The number of aromatic nitrogens is 1. The summed E-state index contributed by atoms with van der Waals surface area (Å²) in [5, 5.41) is 4.10. The number of aryl methyl sites for hydroxylation is 1. The van der Waals surface area contributed by atoms with Gasteiger partial charge in [0.1, 0.15) is 6.54 Å². The molecular formula is C17H29ClIN5O2. The van der Waals surface area contributed by atoms with Crippen LogP contribution < -0.4 is 5.32 Å². The number of amides is 1. The van der Waals surface area contributed by atoms with E-state index in [-0.39, 0.29) is 36.4 Å². The van der Waals surface area contributed by atoms with E-state index in [1.165, 1.54) is 0 Å². The topological polar surface area (TPSA) is 62.1 Å². The summed E-state index contributed by atoms with van der Waals surface area (Å²) in [5.74, 6) is 1.16. The summed E-state index contributed by atoms with van der Waals surface area (Å²) in [6.07, 6.45) is 2.93. The minimum atomic E-state index is -0.0289. The van der Waals surface area contributed by atoms with E-state index >= 15 is 0 Å². The smallest absolute Gasteiger partial charge is 0.243 e. The van der Waals surface area contributed by atoms with Gasteiger partial charge in [-0.1, -0.05) is 11.6 Å². The molecule has 9 heteroatoms. The van der Waals surface area contributed by atoms with Crippen molar-refractivity contribution in [2.45, 2.75) is 13.0 Å². The standard InChI is InChI=1S/C17H28ClN5O2.HI/c1-21(2)16(24)9-20-17(19-8-13-5-6-25-12-13)23(4)11-15-7-14(18)10-22(15)3;/h7,10,13H,5-6,8-9,11-12H2,1-4H3,(H,19,20);1H. The van der Waals surface area contributed by atoms with Crippen molar-refractivity contribution in [2.75, 3.05) is 47.4 Å². The lowest BCUT2D eigenvalue weighted by Crippen LogP contribution is -2.42. The Bertz CT molecular complexity index is 614. The van der Waals surface area contributed by atoms with Crippen molar-refractivity contribution in [1.29, 1.82) is 0 Å². The zero-order valence-corrected chi connectivity index (χ0v) is 19.0. The van der Waals surface area contributed by atoms with Gasteiger partial charge in [-0.2, -0.15) is 0 Å². The fourth-order valence-corrected chi connectivity index (χ4v) is 2.89. The maximum absolute atomic E-state index is 11.9. The molecule has 1 N–H and O–H groups in total. The summed E-state index contributed by atoms with van der Waals surface area (Å²) in [5.41, 5.74) is 1.07. The summed E-state index contributed by atoms with van der Waals surface area (Å²) in [4.78, 5) is 19.9. The van der Waals surface area contributed by atoms with Crippen LogP contribution in [0.25, 0.3) is 0 Å². The summed E-state index contributed by atoms with van der Waals surface area (Å²) in [6.45, 7) is 3.14. The minimum Gasteiger partial charge on any atom is -0.381 e. The highest BCUT2D eigenvalue weighted by molar-refractivity contribution is 14.0. The Morgan fingerprint density at radius 1 is 1.46 bits per heavy atom. The lowest BCUT2D eigenvalue weighted by Gasteiger charge is -2.24. The van der Waals surface area contributed by atoms with Crippen molar-refractivity contribution >= 4 is 47.4 Å².